The summed E-state index contributed by atoms with van der Waals surface area (Å²) in [7, 11) is 1.80. The minimum atomic E-state index is 0.153. The van der Waals surface area contributed by atoms with Crippen molar-refractivity contribution in [2.75, 3.05) is 33.4 Å². The molecule has 1 aliphatic rings. The van der Waals surface area contributed by atoms with Crippen LogP contribution in [0.5, 0.6) is 0 Å². The molecule has 0 radical (unpaired) electrons. The highest BCUT2D eigenvalue weighted by Crippen LogP contribution is 2.21. The molecule has 0 amide bonds. The zero-order valence-electron chi connectivity index (χ0n) is 13.8. The van der Waals surface area contributed by atoms with E-state index in [9.17, 15) is 0 Å². The molecular weight excluding hydrogens is 260 g/mol. The first-order valence-corrected chi connectivity index (χ1v) is 8.13. The van der Waals surface area contributed by atoms with Crippen LogP contribution in [0.1, 0.15) is 42.0 Å². The Labute approximate surface area is 129 Å². The summed E-state index contributed by atoms with van der Waals surface area (Å²) in [6, 6.07) is 6.81. The molecule has 0 aromatic heterocycles. The molecule has 0 bridgehead atoms. The minimum Gasteiger partial charge on any atom is -0.384 e. The van der Waals surface area contributed by atoms with Crippen molar-refractivity contribution in [2.24, 2.45) is 11.7 Å². The maximum atomic E-state index is 6.38. The van der Waals surface area contributed by atoms with Crippen LogP contribution < -0.4 is 5.73 Å². The van der Waals surface area contributed by atoms with Crippen molar-refractivity contribution >= 4 is 0 Å². The Morgan fingerprint density at radius 3 is 2.38 bits per heavy atom. The summed E-state index contributed by atoms with van der Waals surface area (Å²) in [6.45, 7) is 8.68. The summed E-state index contributed by atoms with van der Waals surface area (Å²) in [6.07, 6.45) is 3.55. The molecule has 1 atom stereocenters. The van der Waals surface area contributed by atoms with Crippen LogP contribution >= 0.6 is 0 Å². The Balaban J connectivity index is 1.78. The number of hydrogen-bond acceptors (Lipinski definition) is 3. The SMILES string of the molecule is COCC1CCN(CCC(N)c2cc(C)cc(C)c2)CC1. The molecular formula is C18H30N2O. The van der Waals surface area contributed by atoms with E-state index >= 15 is 0 Å². The molecule has 1 saturated heterocycles. The molecule has 0 spiro atoms. The van der Waals surface area contributed by atoms with E-state index in [0.717, 1.165) is 25.5 Å². The molecule has 1 aromatic carbocycles. The predicted octanol–water partition coefficient (Wildman–Crippen LogP) is 3.05. The first kappa shape index (κ1) is 16.5. The number of rotatable bonds is 6. The fourth-order valence-corrected chi connectivity index (χ4v) is 3.32. The van der Waals surface area contributed by atoms with E-state index in [0.29, 0.717) is 0 Å². The van der Waals surface area contributed by atoms with Crippen LogP contribution in [0.15, 0.2) is 18.2 Å². The van der Waals surface area contributed by atoms with Crippen LogP contribution in [0, 0.1) is 19.8 Å². The van der Waals surface area contributed by atoms with Gasteiger partial charge in [0.2, 0.25) is 0 Å². The van der Waals surface area contributed by atoms with Gasteiger partial charge in [-0.2, -0.15) is 0 Å². The smallest absolute Gasteiger partial charge is 0.0491 e. The van der Waals surface area contributed by atoms with Crippen LogP contribution in [-0.2, 0) is 4.74 Å². The van der Waals surface area contributed by atoms with Crippen LogP contribution in [0.3, 0.4) is 0 Å². The van der Waals surface area contributed by atoms with E-state index in [1.54, 1.807) is 7.11 Å². The average Bonchev–Trinajstić information content (AvgIpc) is 2.45. The third-order valence-corrected chi connectivity index (χ3v) is 4.54. The van der Waals surface area contributed by atoms with Crippen molar-refractivity contribution in [1.29, 1.82) is 0 Å². The molecule has 118 valence electrons. The van der Waals surface area contributed by atoms with E-state index < -0.39 is 0 Å². The van der Waals surface area contributed by atoms with Gasteiger partial charge < -0.3 is 15.4 Å². The fraction of sp³-hybridized carbons (Fsp3) is 0.667. The molecule has 1 unspecified atom stereocenters. The zero-order valence-corrected chi connectivity index (χ0v) is 13.8. The number of piperidine rings is 1. The lowest BCUT2D eigenvalue weighted by Crippen LogP contribution is -2.36. The molecule has 1 aromatic rings. The molecule has 1 aliphatic heterocycles. The molecule has 3 nitrogen and oxygen atoms in total. The van der Waals surface area contributed by atoms with Gasteiger partial charge in [-0.15, -0.1) is 0 Å². The zero-order chi connectivity index (χ0) is 15.2. The molecule has 1 heterocycles. The monoisotopic (exact) mass is 290 g/mol. The topological polar surface area (TPSA) is 38.5 Å². The number of methoxy groups -OCH3 is 1. The summed E-state index contributed by atoms with van der Waals surface area (Å²) in [5.74, 6) is 0.749. The highest BCUT2D eigenvalue weighted by molar-refractivity contribution is 5.30. The summed E-state index contributed by atoms with van der Waals surface area (Å²) < 4.78 is 5.26. The Bertz CT molecular complexity index is 419. The Hall–Kier alpha value is -0.900. The number of nitrogens with zero attached hydrogens (tertiary/aromatic N) is 1. The first-order valence-electron chi connectivity index (χ1n) is 8.13. The van der Waals surface area contributed by atoms with Gasteiger partial charge in [0, 0.05) is 19.8 Å². The minimum absolute atomic E-state index is 0.153. The van der Waals surface area contributed by atoms with Gasteiger partial charge in [-0.3, -0.25) is 0 Å². The second kappa shape index (κ2) is 7.92. The second-order valence-corrected chi connectivity index (χ2v) is 6.56. The molecule has 2 rings (SSSR count). The van der Waals surface area contributed by atoms with Crippen molar-refractivity contribution < 1.29 is 4.74 Å². The Morgan fingerprint density at radius 1 is 1.19 bits per heavy atom. The van der Waals surface area contributed by atoms with Gasteiger partial charge in [0.25, 0.3) is 0 Å². The quantitative estimate of drug-likeness (QED) is 0.875. The van der Waals surface area contributed by atoms with Crippen molar-refractivity contribution in [3.8, 4) is 0 Å². The van der Waals surface area contributed by atoms with E-state index in [-0.39, 0.29) is 6.04 Å². The molecule has 0 aliphatic carbocycles. The van der Waals surface area contributed by atoms with Gasteiger partial charge in [-0.1, -0.05) is 29.3 Å². The second-order valence-electron chi connectivity index (χ2n) is 6.56. The lowest BCUT2D eigenvalue weighted by atomic mass is 9.96. The number of hydrogen-bond donors (Lipinski definition) is 1. The summed E-state index contributed by atoms with van der Waals surface area (Å²) >= 11 is 0. The average molecular weight is 290 g/mol. The predicted molar refractivity (Wildman–Crippen MR) is 88.5 cm³/mol. The summed E-state index contributed by atoms with van der Waals surface area (Å²) in [5.41, 5.74) is 10.3. The third-order valence-electron chi connectivity index (χ3n) is 4.54. The van der Waals surface area contributed by atoms with Crippen molar-refractivity contribution in [1.82, 2.24) is 4.90 Å². The maximum Gasteiger partial charge on any atom is 0.0491 e. The largest absolute Gasteiger partial charge is 0.384 e. The van der Waals surface area contributed by atoms with E-state index in [1.165, 1.54) is 42.6 Å². The lowest BCUT2D eigenvalue weighted by molar-refractivity contribution is 0.0983. The molecule has 2 N–H and O–H groups in total. The highest BCUT2D eigenvalue weighted by atomic mass is 16.5. The maximum absolute atomic E-state index is 6.38. The van der Waals surface area contributed by atoms with Gasteiger partial charge in [0.1, 0.15) is 0 Å². The molecule has 1 fully saturated rings. The van der Waals surface area contributed by atoms with Crippen molar-refractivity contribution in [3.63, 3.8) is 0 Å². The third kappa shape index (κ3) is 5.10. The number of benzene rings is 1. The van der Waals surface area contributed by atoms with Crippen molar-refractivity contribution in [2.45, 2.75) is 39.2 Å². The van der Waals surface area contributed by atoms with E-state index in [4.69, 9.17) is 10.5 Å². The lowest BCUT2D eigenvalue weighted by Gasteiger charge is -2.32. The Morgan fingerprint density at radius 2 is 1.81 bits per heavy atom. The standard InChI is InChI=1S/C18H30N2O/c1-14-10-15(2)12-17(11-14)18(19)6-9-20-7-4-16(5-8-20)13-21-3/h10-12,16,18H,4-9,13,19H2,1-3H3. The van der Waals surface area contributed by atoms with Crippen molar-refractivity contribution in [3.05, 3.63) is 34.9 Å². The van der Waals surface area contributed by atoms with Gasteiger partial charge in [-0.05, 0) is 64.2 Å². The van der Waals surface area contributed by atoms with E-state index in [1.807, 2.05) is 0 Å². The van der Waals surface area contributed by atoms with Crippen LogP contribution in [0.2, 0.25) is 0 Å². The summed E-state index contributed by atoms with van der Waals surface area (Å²) in [5, 5.41) is 0. The number of nitrogens with two attached hydrogens (primary N) is 1. The van der Waals surface area contributed by atoms with Gasteiger partial charge in [0.15, 0.2) is 0 Å². The van der Waals surface area contributed by atoms with Gasteiger partial charge in [-0.25, -0.2) is 0 Å². The molecule has 0 saturated carbocycles. The van der Waals surface area contributed by atoms with Crippen LogP contribution in [-0.4, -0.2) is 38.3 Å². The number of aryl methyl sites for hydroxylation is 2. The van der Waals surface area contributed by atoms with E-state index in [2.05, 4.69) is 36.9 Å². The van der Waals surface area contributed by atoms with Gasteiger partial charge >= 0.3 is 0 Å². The van der Waals surface area contributed by atoms with Crippen LogP contribution in [0.4, 0.5) is 0 Å². The number of likely N-dealkylation sites (tertiary alicyclic amines) is 1. The normalized spacial score (nSPS) is 18.9. The first-order chi connectivity index (χ1) is 10.1. The molecule has 3 heteroatoms. The summed E-state index contributed by atoms with van der Waals surface area (Å²) in [4.78, 5) is 2.55. The van der Waals surface area contributed by atoms with Crippen LogP contribution in [0.25, 0.3) is 0 Å². The fourth-order valence-electron chi connectivity index (χ4n) is 3.32. The molecule has 21 heavy (non-hydrogen) atoms. The Kier molecular flexibility index (Phi) is 6.22. The number of ether oxygens (including phenoxy) is 1. The van der Waals surface area contributed by atoms with Gasteiger partial charge in [0.05, 0.1) is 0 Å². The highest BCUT2D eigenvalue weighted by Gasteiger charge is 2.19.